The van der Waals surface area contributed by atoms with Gasteiger partial charge in [-0.05, 0) is 35.4 Å². The maximum atomic E-state index is 9.70. The standard InChI is InChI=1S/C21H23N3O3/c1-26-19-7-3-16(4-8-19)12-24(21-18(14-25)11-22-15-23-21)13-17-5-9-20(27-2)10-6-17/h3-11,15,25H,12-14H2,1-2H3. The second kappa shape index (κ2) is 9.00. The average Bonchev–Trinajstić information content (AvgIpc) is 2.74. The van der Waals surface area contributed by atoms with Crippen molar-refractivity contribution < 1.29 is 14.6 Å². The smallest absolute Gasteiger partial charge is 0.138 e. The Hall–Kier alpha value is -3.12. The minimum absolute atomic E-state index is 0.113. The molecule has 0 fully saturated rings. The third kappa shape index (κ3) is 4.74. The maximum Gasteiger partial charge on any atom is 0.138 e. The highest BCUT2D eigenvalue weighted by molar-refractivity contribution is 5.47. The van der Waals surface area contributed by atoms with Crippen molar-refractivity contribution >= 4 is 5.82 Å². The topological polar surface area (TPSA) is 67.7 Å². The summed E-state index contributed by atoms with van der Waals surface area (Å²) in [6.45, 7) is 1.16. The summed E-state index contributed by atoms with van der Waals surface area (Å²) in [6.07, 6.45) is 3.15. The Morgan fingerprint density at radius 2 is 1.37 bits per heavy atom. The SMILES string of the molecule is COc1ccc(CN(Cc2ccc(OC)cc2)c2ncncc2CO)cc1. The highest BCUT2D eigenvalue weighted by atomic mass is 16.5. The van der Waals surface area contributed by atoms with E-state index in [1.165, 1.54) is 6.33 Å². The predicted octanol–water partition coefficient (Wildman–Crippen LogP) is 3.19. The number of benzene rings is 2. The van der Waals surface area contributed by atoms with Crippen LogP contribution in [0.15, 0.2) is 61.1 Å². The molecule has 0 atom stereocenters. The number of nitrogens with zero attached hydrogens (tertiary/aromatic N) is 3. The molecule has 2 aromatic carbocycles. The van der Waals surface area contributed by atoms with E-state index >= 15 is 0 Å². The molecule has 0 saturated heterocycles. The van der Waals surface area contributed by atoms with Gasteiger partial charge in [0.25, 0.3) is 0 Å². The van der Waals surface area contributed by atoms with Crippen molar-refractivity contribution in [1.29, 1.82) is 0 Å². The van der Waals surface area contributed by atoms with Crippen LogP contribution in [-0.2, 0) is 19.7 Å². The molecule has 0 saturated carbocycles. The molecule has 6 nitrogen and oxygen atoms in total. The molecule has 140 valence electrons. The minimum Gasteiger partial charge on any atom is -0.497 e. The van der Waals surface area contributed by atoms with Gasteiger partial charge in [0.15, 0.2) is 0 Å². The molecular formula is C21H23N3O3. The van der Waals surface area contributed by atoms with Crippen LogP contribution in [-0.4, -0.2) is 29.3 Å². The van der Waals surface area contributed by atoms with Crippen LogP contribution in [0.2, 0.25) is 0 Å². The zero-order valence-electron chi connectivity index (χ0n) is 15.5. The van der Waals surface area contributed by atoms with Crippen LogP contribution in [0.25, 0.3) is 0 Å². The lowest BCUT2D eigenvalue weighted by molar-refractivity contribution is 0.281. The van der Waals surface area contributed by atoms with Gasteiger partial charge in [-0.3, -0.25) is 0 Å². The number of aliphatic hydroxyl groups excluding tert-OH is 1. The van der Waals surface area contributed by atoms with Crippen LogP contribution in [0.1, 0.15) is 16.7 Å². The van der Waals surface area contributed by atoms with Crippen molar-refractivity contribution in [3.05, 3.63) is 77.7 Å². The molecule has 27 heavy (non-hydrogen) atoms. The number of aromatic nitrogens is 2. The zero-order chi connectivity index (χ0) is 19.1. The minimum atomic E-state index is -0.113. The Morgan fingerprint density at radius 3 is 1.81 bits per heavy atom. The largest absolute Gasteiger partial charge is 0.497 e. The average molecular weight is 365 g/mol. The van der Waals surface area contributed by atoms with Gasteiger partial charge < -0.3 is 19.5 Å². The molecule has 0 aliphatic carbocycles. The molecule has 0 bridgehead atoms. The lowest BCUT2D eigenvalue weighted by Crippen LogP contribution is -2.24. The molecule has 0 aliphatic rings. The fourth-order valence-corrected chi connectivity index (χ4v) is 2.86. The number of hydrogen-bond donors (Lipinski definition) is 1. The fraction of sp³-hybridized carbons (Fsp3) is 0.238. The summed E-state index contributed by atoms with van der Waals surface area (Å²) in [4.78, 5) is 10.6. The quantitative estimate of drug-likeness (QED) is 0.661. The number of rotatable bonds is 8. The highest BCUT2D eigenvalue weighted by Gasteiger charge is 2.14. The van der Waals surface area contributed by atoms with Gasteiger partial charge in [0.2, 0.25) is 0 Å². The van der Waals surface area contributed by atoms with E-state index in [-0.39, 0.29) is 6.61 Å². The first kappa shape index (κ1) is 18.7. The number of hydrogen-bond acceptors (Lipinski definition) is 6. The summed E-state index contributed by atoms with van der Waals surface area (Å²) >= 11 is 0. The predicted molar refractivity (Wildman–Crippen MR) is 104 cm³/mol. The number of ether oxygens (including phenoxy) is 2. The van der Waals surface area contributed by atoms with Crippen LogP contribution >= 0.6 is 0 Å². The van der Waals surface area contributed by atoms with E-state index < -0.39 is 0 Å². The van der Waals surface area contributed by atoms with Gasteiger partial charge in [-0.25, -0.2) is 9.97 Å². The molecule has 3 aromatic rings. The van der Waals surface area contributed by atoms with E-state index in [1.54, 1.807) is 20.4 Å². The fourth-order valence-electron chi connectivity index (χ4n) is 2.86. The molecule has 1 heterocycles. The van der Waals surface area contributed by atoms with Gasteiger partial charge in [-0.2, -0.15) is 0 Å². The van der Waals surface area contributed by atoms with E-state index in [2.05, 4.69) is 14.9 Å². The molecule has 6 heteroatoms. The van der Waals surface area contributed by atoms with Crippen LogP contribution in [0.4, 0.5) is 5.82 Å². The molecule has 1 aromatic heterocycles. The summed E-state index contributed by atoms with van der Waals surface area (Å²) < 4.78 is 10.5. The van der Waals surface area contributed by atoms with Gasteiger partial charge >= 0.3 is 0 Å². The Kier molecular flexibility index (Phi) is 6.22. The van der Waals surface area contributed by atoms with Crippen molar-refractivity contribution in [1.82, 2.24) is 9.97 Å². The van der Waals surface area contributed by atoms with E-state index in [9.17, 15) is 5.11 Å². The van der Waals surface area contributed by atoms with Gasteiger partial charge in [0.1, 0.15) is 23.6 Å². The number of aliphatic hydroxyl groups is 1. The van der Waals surface area contributed by atoms with Crippen molar-refractivity contribution in [3.63, 3.8) is 0 Å². The summed E-state index contributed by atoms with van der Waals surface area (Å²) in [5.41, 5.74) is 2.93. The second-order valence-electron chi connectivity index (χ2n) is 6.08. The van der Waals surface area contributed by atoms with E-state index in [0.717, 1.165) is 28.4 Å². The summed E-state index contributed by atoms with van der Waals surface area (Å²) in [7, 11) is 3.30. The van der Waals surface area contributed by atoms with Crippen LogP contribution in [0, 0.1) is 0 Å². The lowest BCUT2D eigenvalue weighted by Gasteiger charge is -2.26. The number of anilines is 1. The molecule has 3 rings (SSSR count). The van der Waals surface area contributed by atoms with Crippen molar-refractivity contribution in [2.24, 2.45) is 0 Å². The maximum absolute atomic E-state index is 9.70. The molecule has 0 amide bonds. The molecular weight excluding hydrogens is 342 g/mol. The highest BCUT2D eigenvalue weighted by Crippen LogP contribution is 2.23. The summed E-state index contributed by atoms with van der Waals surface area (Å²) in [5, 5.41) is 9.70. The van der Waals surface area contributed by atoms with Crippen LogP contribution in [0.3, 0.4) is 0 Å². The van der Waals surface area contributed by atoms with Crippen molar-refractivity contribution in [2.75, 3.05) is 19.1 Å². The van der Waals surface area contributed by atoms with Crippen LogP contribution < -0.4 is 14.4 Å². The molecule has 0 aliphatic heterocycles. The third-order valence-electron chi connectivity index (χ3n) is 4.30. The van der Waals surface area contributed by atoms with Crippen molar-refractivity contribution in [2.45, 2.75) is 19.7 Å². The van der Waals surface area contributed by atoms with Gasteiger partial charge in [-0.1, -0.05) is 24.3 Å². The summed E-state index contributed by atoms with van der Waals surface area (Å²) in [6, 6.07) is 15.9. The second-order valence-corrected chi connectivity index (χ2v) is 6.08. The Bertz CT molecular complexity index is 802. The zero-order valence-corrected chi connectivity index (χ0v) is 15.5. The Morgan fingerprint density at radius 1 is 0.852 bits per heavy atom. The van der Waals surface area contributed by atoms with Gasteiger partial charge in [0.05, 0.1) is 20.8 Å². The molecule has 1 N–H and O–H groups in total. The molecule has 0 unspecified atom stereocenters. The number of methoxy groups -OCH3 is 2. The Labute approximate surface area is 159 Å². The molecule has 0 radical (unpaired) electrons. The normalized spacial score (nSPS) is 10.5. The van der Waals surface area contributed by atoms with Gasteiger partial charge in [0, 0.05) is 24.8 Å². The van der Waals surface area contributed by atoms with Crippen LogP contribution in [0.5, 0.6) is 11.5 Å². The Balaban J connectivity index is 1.89. The lowest BCUT2D eigenvalue weighted by atomic mass is 10.1. The molecule has 0 spiro atoms. The monoisotopic (exact) mass is 365 g/mol. The third-order valence-corrected chi connectivity index (χ3v) is 4.30. The first-order valence-electron chi connectivity index (χ1n) is 8.64. The first-order valence-corrected chi connectivity index (χ1v) is 8.64. The van der Waals surface area contributed by atoms with Gasteiger partial charge in [-0.15, -0.1) is 0 Å². The first-order chi connectivity index (χ1) is 13.2. The van der Waals surface area contributed by atoms with Crippen molar-refractivity contribution in [3.8, 4) is 11.5 Å². The summed E-state index contributed by atoms with van der Waals surface area (Å²) in [5.74, 6) is 2.36. The van der Waals surface area contributed by atoms with E-state index in [0.29, 0.717) is 18.7 Å². The van der Waals surface area contributed by atoms with E-state index in [4.69, 9.17) is 9.47 Å². The van der Waals surface area contributed by atoms with E-state index in [1.807, 2.05) is 48.5 Å².